The quantitative estimate of drug-likeness (QED) is 0.707. The first-order chi connectivity index (χ1) is 12.1. The Hall–Kier alpha value is -2.08. The molecule has 1 amide bonds. The summed E-state index contributed by atoms with van der Waals surface area (Å²) in [4.78, 5) is 28.3. The van der Waals surface area contributed by atoms with Crippen molar-refractivity contribution in [1.29, 1.82) is 0 Å². The van der Waals surface area contributed by atoms with Crippen molar-refractivity contribution in [3.8, 4) is 5.75 Å². The second kappa shape index (κ2) is 10.0. The van der Waals surface area contributed by atoms with Crippen LogP contribution in [0.25, 0.3) is 0 Å². The van der Waals surface area contributed by atoms with Crippen molar-refractivity contribution in [2.75, 3.05) is 45.9 Å². The van der Waals surface area contributed by atoms with E-state index < -0.39 is 0 Å². The van der Waals surface area contributed by atoms with Crippen LogP contribution in [0.1, 0.15) is 37.0 Å². The fraction of sp³-hybridized carbons (Fsp3) is 0.579. The molecular weight excluding hydrogens is 320 g/mol. The van der Waals surface area contributed by atoms with Gasteiger partial charge in [0.2, 0.25) is 0 Å². The highest BCUT2D eigenvalue weighted by Crippen LogP contribution is 2.16. The molecule has 0 aliphatic carbocycles. The van der Waals surface area contributed by atoms with E-state index in [0.29, 0.717) is 38.4 Å². The summed E-state index contributed by atoms with van der Waals surface area (Å²) >= 11 is 0. The Kier molecular flexibility index (Phi) is 7.73. The molecule has 1 heterocycles. The molecule has 1 fully saturated rings. The number of carbonyl (C=O) groups is 2. The lowest BCUT2D eigenvalue weighted by molar-refractivity contribution is -0.144. The molecule has 0 atom stereocenters. The molecule has 0 N–H and O–H groups in total. The molecule has 6 nitrogen and oxygen atoms in total. The Morgan fingerprint density at radius 1 is 1.12 bits per heavy atom. The van der Waals surface area contributed by atoms with E-state index in [1.807, 2.05) is 34.9 Å². The van der Waals surface area contributed by atoms with Gasteiger partial charge in [0.05, 0.1) is 19.8 Å². The van der Waals surface area contributed by atoms with E-state index in [1.165, 1.54) is 0 Å². The Labute approximate surface area is 149 Å². The van der Waals surface area contributed by atoms with Crippen molar-refractivity contribution in [2.45, 2.75) is 26.7 Å². The number of amides is 1. The standard InChI is InChI=1S/C19H28N2O4/c1-3-13-25-17-8-5-7-16(14-17)19(23)21-10-6-9-20(11-12-21)15-18(22)24-4-2/h5,7-8,14H,3-4,6,9-13,15H2,1-2H3. The molecule has 0 unspecified atom stereocenters. The smallest absolute Gasteiger partial charge is 0.320 e. The van der Waals surface area contributed by atoms with E-state index in [-0.39, 0.29) is 18.4 Å². The van der Waals surface area contributed by atoms with Gasteiger partial charge in [0.15, 0.2) is 0 Å². The molecule has 138 valence electrons. The maximum atomic E-state index is 12.8. The maximum absolute atomic E-state index is 12.8. The summed E-state index contributed by atoms with van der Waals surface area (Å²) < 4.78 is 10.6. The van der Waals surface area contributed by atoms with E-state index in [1.54, 1.807) is 13.0 Å². The number of ether oxygens (including phenoxy) is 2. The van der Waals surface area contributed by atoms with Crippen LogP contribution < -0.4 is 4.74 Å². The van der Waals surface area contributed by atoms with Crippen LogP contribution in [0.5, 0.6) is 5.75 Å². The van der Waals surface area contributed by atoms with Gasteiger partial charge in [0.1, 0.15) is 5.75 Å². The summed E-state index contributed by atoms with van der Waals surface area (Å²) in [6.45, 7) is 7.96. The number of rotatable bonds is 7. The first-order valence-electron chi connectivity index (χ1n) is 9.04. The van der Waals surface area contributed by atoms with Crippen LogP contribution in [-0.2, 0) is 9.53 Å². The SMILES string of the molecule is CCCOc1cccc(C(=O)N2CCCN(CC(=O)OCC)CC2)c1. The van der Waals surface area contributed by atoms with Crippen LogP contribution in [-0.4, -0.2) is 67.6 Å². The van der Waals surface area contributed by atoms with Crippen LogP contribution >= 0.6 is 0 Å². The molecule has 1 aliphatic heterocycles. The van der Waals surface area contributed by atoms with Crippen molar-refractivity contribution >= 4 is 11.9 Å². The summed E-state index contributed by atoms with van der Waals surface area (Å²) in [7, 11) is 0. The monoisotopic (exact) mass is 348 g/mol. The lowest BCUT2D eigenvalue weighted by atomic mass is 10.2. The van der Waals surface area contributed by atoms with Crippen LogP contribution in [0.4, 0.5) is 0 Å². The fourth-order valence-electron chi connectivity index (χ4n) is 2.84. The number of hydrogen-bond acceptors (Lipinski definition) is 5. The molecule has 1 aromatic carbocycles. The minimum absolute atomic E-state index is 0.0138. The number of carbonyl (C=O) groups excluding carboxylic acids is 2. The van der Waals surface area contributed by atoms with Gasteiger partial charge in [-0.15, -0.1) is 0 Å². The average Bonchev–Trinajstić information content (AvgIpc) is 2.85. The minimum atomic E-state index is -0.206. The van der Waals surface area contributed by atoms with Crippen LogP contribution in [0.2, 0.25) is 0 Å². The average molecular weight is 348 g/mol. The highest BCUT2D eigenvalue weighted by Gasteiger charge is 2.22. The van der Waals surface area contributed by atoms with Gasteiger partial charge >= 0.3 is 5.97 Å². The second-order valence-electron chi connectivity index (χ2n) is 6.10. The lowest BCUT2D eigenvalue weighted by Crippen LogP contribution is -2.37. The van der Waals surface area contributed by atoms with Gasteiger partial charge in [-0.05, 0) is 38.0 Å². The van der Waals surface area contributed by atoms with Crippen LogP contribution in [0.15, 0.2) is 24.3 Å². The third-order valence-corrected chi connectivity index (χ3v) is 4.09. The summed E-state index contributed by atoms with van der Waals surface area (Å²) in [5.41, 5.74) is 0.646. The second-order valence-corrected chi connectivity index (χ2v) is 6.10. The molecule has 1 aliphatic rings. The number of nitrogens with zero attached hydrogens (tertiary/aromatic N) is 2. The minimum Gasteiger partial charge on any atom is -0.494 e. The first kappa shape index (κ1) is 19.2. The van der Waals surface area contributed by atoms with Crippen LogP contribution in [0.3, 0.4) is 0 Å². The van der Waals surface area contributed by atoms with Gasteiger partial charge in [0, 0.05) is 31.7 Å². The summed E-state index contributed by atoms with van der Waals surface area (Å²) in [6, 6.07) is 7.35. The molecule has 6 heteroatoms. The fourth-order valence-corrected chi connectivity index (χ4v) is 2.84. The molecule has 0 bridgehead atoms. The normalized spacial score (nSPS) is 15.5. The zero-order valence-corrected chi connectivity index (χ0v) is 15.2. The van der Waals surface area contributed by atoms with E-state index in [4.69, 9.17) is 9.47 Å². The zero-order valence-electron chi connectivity index (χ0n) is 15.2. The third kappa shape index (κ3) is 6.05. The van der Waals surface area contributed by atoms with Gasteiger partial charge in [-0.2, -0.15) is 0 Å². The molecule has 0 saturated carbocycles. The van der Waals surface area contributed by atoms with Crippen LogP contribution in [0, 0.1) is 0 Å². The predicted molar refractivity (Wildman–Crippen MR) is 95.8 cm³/mol. The Balaban J connectivity index is 1.93. The largest absolute Gasteiger partial charge is 0.494 e. The highest BCUT2D eigenvalue weighted by atomic mass is 16.5. The summed E-state index contributed by atoms with van der Waals surface area (Å²) in [5.74, 6) is 0.537. The molecule has 0 aromatic heterocycles. The highest BCUT2D eigenvalue weighted by molar-refractivity contribution is 5.94. The Morgan fingerprint density at radius 2 is 1.96 bits per heavy atom. The van der Waals surface area contributed by atoms with Crippen molar-refractivity contribution in [2.24, 2.45) is 0 Å². The van der Waals surface area contributed by atoms with Gasteiger partial charge in [0.25, 0.3) is 5.91 Å². The number of benzene rings is 1. The van der Waals surface area contributed by atoms with Crippen molar-refractivity contribution in [1.82, 2.24) is 9.80 Å². The summed E-state index contributed by atoms with van der Waals surface area (Å²) in [5, 5.41) is 0. The molecule has 0 spiro atoms. The van der Waals surface area contributed by atoms with Gasteiger partial charge in [-0.25, -0.2) is 0 Å². The van der Waals surface area contributed by atoms with Gasteiger partial charge < -0.3 is 14.4 Å². The third-order valence-electron chi connectivity index (χ3n) is 4.09. The first-order valence-corrected chi connectivity index (χ1v) is 9.04. The van der Waals surface area contributed by atoms with E-state index in [9.17, 15) is 9.59 Å². The molecule has 2 rings (SSSR count). The lowest BCUT2D eigenvalue weighted by Gasteiger charge is -2.21. The van der Waals surface area contributed by atoms with Gasteiger partial charge in [-0.1, -0.05) is 13.0 Å². The predicted octanol–water partition coefficient (Wildman–Crippen LogP) is 2.19. The van der Waals surface area contributed by atoms with Crippen molar-refractivity contribution in [3.63, 3.8) is 0 Å². The van der Waals surface area contributed by atoms with Crippen molar-refractivity contribution in [3.05, 3.63) is 29.8 Å². The molecule has 1 aromatic rings. The number of esters is 1. The Bertz CT molecular complexity index is 576. The molecule has 0 radical (unpaired) electrons. The van der Waals surface area contributed by atoms with Crippen molar-refractivity contribution < 1.29 is 19.1 Å². The Morgan fingerprint density at radius 3 is 2.72 bits per heavy atom. The maximum Gasteiger partial charge on any atom is 0.320 e. The van der Waals surface area contributed by atoms with Gasteiger partial charge in [-0.3, -0.25) is 14.5 Å². The van der Waals surface area contributed by atoms with E-state index in [0.717, 1.165) is 25.1 Å². The molecule has 25 heavy (non-hydrogen) atoms. The summed E-state index contributed by atoms with van der Waals surface area (Å²) in [6.07, 6.45) is 1.78. The molecular formula is C19H28N2O4. The molecule has 1 saturated heterocycles. The topological polar surface area (TPSA) is 59.1 Å². The number of hydrogen-bond donors (Lipinski definition) is 0. The van der Waals surface area contributed by atoms with E-state index in [2.05, 4.69) is 0 Å². The van der Waals surface area contributed by atoms with E-state index >= 15 is 0 Å². The zero-order chi connectivity index (χ0) is 18.1.